The summed E-state index contributed by atoms with van der Waals surface area (Å²) in [6.07, 6.45) is 7.25. The van der Waals surface area contributed by atoms with Crippen LogP contribution in [0.1, 0.15) is 32.1 Å². The van der Waals surface area contributed by atoms with Crippen molar-refractivity contribution in [2.75, 3.05) is 26.7 Å². The number of nitrogens with one attached hydrogen (secondary N) is 1. The van der Waals surface area contributed by atoms with Crippen LogP contribution in [0.15, 0.2) is 0 Å². The summed E-state index contributed by atoms with van der Waals surface area (Å²) >= 11 is 0. The molecule has 0 aromatic rings. The average Bonchev–Trinajstić information content (AvgIpc) is 2.74. The summed E-state index contributed by atoms with van der Waals surface area (Å²) in [5, 5.41) is 3.44. The zero-order valence-corrected chi connectivity index (χ0v) is 8.76. The molecule has 1 aliphatic carbocycles. The van der Waals surface area contributed by atoms with Gasteiger partial charge in [-0.25, -0.2) is 0 Å². The van der Waals surface area contributed by atoms with Gasteiger partial charge in [0.2, 0.25) is 0 Å². The molecular formula is C11H22N2. The van der Waals surface area contributed by atoms with Crippen molar-refractivity contribution in [3.05, 3.63) is 0 Å². The van der Waals surface area contributed by atoms with Gasteiger partial charge in [0.15, 0.2) is 0 Å². The molecule has 0 aromatic carbocycles. The molecular weight excluding hydrogens is 160 g/mol. The number of rotatable bonds is 3. The maximum Gasteiger partial charge on any atom is 0.0229 e. The molecule has 2 fully saturated rings. The molecule has 2 nitrogen and oxygen atoms in total. The first kappa shape index (κ1) is 9.47. The fraction of sp³-hybridized carbons (Fsp3) is 1.00. The Hall–Kier alpha value is -0.0800. The Kier molecular flexibility index (Phi) is 3.23. The predicted molar refractivity (Wildman–Crippen MR) is 55.9 cm³/mol. The first-order valence-electron chi connectivity index (χ1n) is 5.77. The smallest absolute Gasteiger partial charge is 0.0229 e. The summed E-state index contributed by atoms with van der Waals surface area (Å²) in [6.45, 7) is 3.77. The highest BCUT2D eigenvalue weighted by atomic mass is 15.2. The van der Waals surface area contributed by atoms with E-state index >= 15 is 0 Å². The second-order valence-corrected chi connectivity index (χ2v) is 4.74. The van der Waals surface area contributed by atoms with Crippen molar-refractivity contribution in [2.24, 2.45) is 5.92 Å². The Labute approximate surface area is 81.7 Å². The number of hydrogen-bond donors (Lipinski definition) is 1. The first-order chi connectivity index (χ1) is 6.36. The molecule has 2 heteroatoms. The summed E-state index contributed by atoms with van der Waals surface area (Å²) in [5.41, 5.74) is 0. The third kappa shape index (κ3) is 2.44. The Morgan fingerprint density at radius 3 is 2.62 bits per heavy atom. The highest BCUT2D eigenvalue weighted by molar-refractivity contribution is 4.81. The van der Waals surface area contributed by atoms with E-state index in [0.717, 1.165) is 12.0 Å². The van der Waals surface area contributed by atoms with Gasteiger partial charge < -0.3 is 10.2 Å². The van der Waals surface area contributed by atoms with Crippen molar-refractivity contribution in [3.63, 3.8) is 0 Å². The normalized spacial score (nSPS) is 30.5. The summed E-state index contributed by atoms with van der Waals surface area (Å²) in [4.78, 5) is 2.58. The lowest BCUT2D eigenvalue weighted by atomic mass is 10.1. The summed E-state index contributed by atoms with van der Waals surface area (Å²) in [7, 11) is 2.30. The van der Waals surface area contributed by atoms with E-state index in [2.05, 4.69) is 17.3 Å². The fourth-order valence-electron chi connectivity index (χ4n) is 2.76. The Morgan fingerprint density at radius 2 is 2.00 bits per heavy atom. The summed E-state index contributed by atoms with van der Waals surface area (Å²) < 4.78 is 0. The van der Waals surface area contributed by atoms with E-state index in [1.165, 1.54) is 51.7 Å². The van der Waals surface area contributed by atoms with Gasteiger partial charge in [-0.1, -0.05) is 12.8 Å². The van der Waals surface area contributed by atoms with E-state index in [1.807, 2.05) is 0 Å². The van der Waals surface area contributed by atoms with Crippen LogP contribution in [0.2, 0.25) is 0 Å². The van der Waals surface area contributed by atoms with E-state index in [9.17, 15) is 0 Å². The minimum atomic E-state index is 0.820. The largest absolute Gasteiger partial charge is 0.315 e. The highest BCUT2D eigenvalue weighted by Gasteiger charge is 2.23. The molecule has 0 spiro atoms. The van der Waals surface area contributed by atoms with Crippen molar-refractivity contribution < 1.29 is 0 Å². The molecule has 0 radical (unpaired) electrons. The lowest BCUT2D eigenvalue weighted by Crippen LogP contribution is -2.36. The molecule has 1 heterocycles. The monoisotopic (exact) mass is 182 g/mol. The standard InChI is InChI=1S/C11H22N2/c1-13(11-6-7-12-8-11)9-10-4-2-3-5-10/h10-12H,2-9H2,1H3. The van der Waals surface area contributed by atoms with Crippen molar-refractivity contribution in [1.29, 1.82) is 0 Å². The van der Waals surface area contributed by atoms with Gasteiger partial charge in [0, 0.05) is 19.1 Å². The first-order valence-corrected chi connectivity index (χ1v) is 5.77. The van der Waals surface area contributed by atoms with Crippen LogP contribution < -0.4 is 5.32 Å². The second kappa shape index (κ2) is 4.43. The van der Waals surface area contributed by atoms with Crippen LogP contribution in [0.25, 0.3) is 0 Å². The summed E-state index contributed by atoms with van der Waals surface area (Å²) in [6, 6.07) is 0.820. The van der Waals surface area contributed by atoms with Crippen LogP contribution >= 0.6 is 0 Å². The maximum atomic E-state index is 3.44. The fourth-order valence-corrected chi connectivity index (χ4v) is 2.76. The van der Waals surface area contributed by atoms with Gasteiger partial charge in [0.25, 0.3) is 0 Å². The number of likely N-dealkylation sites (N-methyl/N-ethyl adjacent to an activating group) is 1. The van der Waals surface area contributed by atoms with Crippen LogP contribution in [-0.2, 0) is 0 Å². The molecule has 0 aromatic heterocycles. The van der Waals surface area contributed by atoms with Crippen LogP contribution in [0, 0.1) is 5.92 Å². The van der Waals surface area contributed by atoms with Gasteiger partial charge >= 0.3 is 0 Å². The van der Waals surface area contributed by atoms with Crippen LogP contribution in [0.3, 0.4) is 0 Å². The average molecular weight is 182 g/mol. The van der Waals surface area contributed by atoms with E-state index in [-0.39, 0.29) is 0 Å². The quantitative estimate of drug-likeness (QED) is 0.711. The molecule has 1 N–H and O–H groups in total. The lowest BCUT2D eigenvalue weighted by molar-refractivity contribution is 0.218. The van der Waals surface area contributed by atoms with Crippen molar-refractivity contribution in [1.82, 2.24) is 10.2 Å². The van der Waals surface area contributed by atoms with Gasteiger partial charge in [-0.3, -0.25) is 0 Å². The molecule has 1 unspecified atom stereocenters. The third-order valence-electron chi connectivity index (χ3n) is 3.68. The van der Waals surface area contributed by atoms with Crippen molar-refractivity contribution in [3.8, 4) is 0 Å². The van der Waals surface area contributed by atoms with Crippen molar-refractivity contribution >= 4 is 0 Å². The van der Waals surface area contributed by atoms with Crippen molar-refractivity contribution in [2.45, 2.75) is 38.1 Å². The minimum absolute atomic E-state index is 0.820. The zero-order valence-electron chi connectivity index (χ0n) is 8.76. The lowest BCUT2D eigenvalue weighted by Gasteiger charge is -2.26. The topological polar surface area (TPSA) is 15.3 Å². The van der Waals surface area contributed by atoms with E-state index in [1.54, 1.807) is 0 Å². The molecule has 1 saturated carbocycles. The molecule has 1 saturated heterocycles. The summed E-state index contributed by atoms with van der Waals surface area (Å²) in [5.74, 6) is 1.01. The molecule has 1 aliphatic heterocycles. The molecule has 2 aliphatic rings. The number of nitrogens with zero attached hydrogens (tertiary/aromatic N) is 1. The molecule has 0 amide bonds. The van der Waals surface area contributed by atoms with E-state index < -0.39 is 0 Å². The Bertz CT molecular complexity index is 146. The van der Waals surface area contributed by atoms with Gasteiger partial charge in [-0.15, -0.1) is 0 Å². The van der Waals surface area contributed by atoms with Gasteiger partial charge in [0.1, 0.15) is 0 Å². The van der Waals surface area contributed by atoms with Gasteiger partial charge in [-0.05, 0) is 38.8 Å². The minimum Gasteiger partial charge on any atom is -0.315 e. The SMILES string of the molecule is CN(CC1CCCC1)C1CCNC1. The molecule has 13 heavy (non-hydrogen) atoms. The third-order valence-corrected chi connectivity index (χ3v) is 3.68. The zero-order chi connectivity index (χ0) is 9.10. The molecule has 2 rings (SSSR count). The van der Waals surface area contributed by atoms with Gasteiger partial charge in [-0.2, -0.15) is 0 Å². The predicted octanol–water partition coefficient (Wildman–Crippen LogP) is 1.47. The highest BCUT2D eigenvalue weighted by Crippen LogP contribution is 2.26. The second-order valence-electron chi connectivity index (χ2n) is 4.74. The van der Waals surface area contributed by atoms with Crippen LogP contribution in [-0.4, -0.2) is 37.6 Å². The van der Waals surface area contributed by atoms with E-state index in [4.69, 9.17) is 0 Å². The maximum absolute atomic E-state index is 3.44. The Morgan fingerprint density at radius 1 is 1.23 bits per heavy atom. The van der Waals surface area contributed by atoms with E-state index in [0.29, 0.717) is 0 Å². The van der Waals surface area contributed by atoms with Crippen LogP contribution in [0.5, 0.6) is 0 Å². The molecule has 76 valence electrons. The van der Waals surface area contributed by atoms with Gasteiger partial charge in [0.05, 0.1) is 0 Å². The molecule has 1 atom stereocenters. The number of hydrogen-bond acceptors (Lipinski definition) is 2. The Balaban J connectivity index is 1.73. The molecule has 0 bridgehead atoms. The van der Waals surface area contributed by atoms with Crippen LogP contribution in [0.4, 0.5) is 0 Å².